The van der Waals surface area contributed by atoms with E-state index in [1.807, 2.05) is 17.0 Å². The Labute approximate surface area is 148 Å². The zero-order chi connectivity index (χ0) is 18.2. The molecular weight excluding hydrogens is 315 g/mol. The first-order chi connectivity index (χ1) is 11.8. The summed E-state index contributed by atoms with van der Waals surface area (Å²) in [4.78, 5) is 15.1. The average molecular weight is 340 g/mol. The number of carbonyl (C=O) groups excluding carboxylic acids is 1. The van der Waals surface area contributed by atoms with Gasteiger partial charge in [0.2, 0.25) is 0 Å². The van der Waals surface area contributed by atoms with Gasteiger partial charge in [-0.3, -0.25) is 4.79 Å². The molecule has 0 radical (unpaired) electrons. The summed E-state index contributed by atoms with van der Waals surface area (Å²) >= 11 is 0. The van der Waals surface area contributed by atoms with Crippen molar-refractivity contribution in [3.8, 4) is 0 Å². The van der Waals surface area contributed by atoms with E-state index in [-0.39, 0.29) is 23.1 Å². The Bertz CT molecular complexity index is 795. The van der Waals surface area contributed by atoms with Crippen molar-refractivity contribution in [1.82, 2.24) is 4.90 Å². The third-order valence-corrected chi connectivity index (χ3v) is 5.04. The number of rotatable bonds is 1. The van der Waals surface area contributed by atoms with Gasteiger partial charge in [0.15, 0.2) is 0 Å². The maximum Gasteiger partial charge on any atom is 0.254 e. The van der Waals surface area contributed by atoms with Gasteiger partial charge < -0.3 is 10.6 Å². The number of nitrogen functional groups attached to an aromatic ring is 1. The van der Waals surface area contributed by atoms with Crippen LogP contribution in [0.1, 0.15) is 42.3 Å². The second-order valence-corrected chi connectivity index (χ2v) is 7.84. The van der Waals surface area contributed by atoms with Crippen molar-refractivity contribution >= 4 is 11.6 Å². The minimum atomic E-state index is -0.545. The topological polar surface area (TPSA) is 46.3 Å². The molecule has 0 spiro atoms. The number of hydrogen-bond donors (Lipinski definition) is 1. The summed E-state index contributed by atoms with van der Waals surface area (Å²) in [6, 6.07) is 12.7. The van der Waals surface area contributed by atoms with Crippen LogP contribution in [0.4, 0.5) is 10.1 Å². The Kier molecular flexibility index (Phi) is 4.55. The van der Waals surface area contributed by atoms with Crippen LogP contribution in [0.25, 0.3) is 0 Å². The standard InChI is InChI=1S/C21H25FN2O/c1-21(2,3)19-13-15-7-5-4-6-14(15)10-11-24(19)20(25)16-8-9-18(23)17(22)12-16/h4-9,12,19H,10-11,13,23H2,1-3H3/t19-/m0/s1. The van der Waals surface area contributed by atoms with E-state index in [0.29, 0.717) is 12.1 Å². The Morgan fingerprint density at radius 1 is 1.16 bits per heavy atom. The van der Waals surface area contributed by atoms with Gasteiger partial charge in [-0.15, -0.1) is 0 Å². The molecule has 0 aromatic heterocycles. The van der Waals surface area contributed by atoms with Crippen molar-refractivity contribution in [3.63, 3.8) is 0 Å². The lowest BCUT2D eigenvalue weighted by Crippen LogP contribution is -2.48. The third-order valence-electron chi connectivity index (χ3n) is 5.04. The highest BCUT2D eigenvalue weighted by Gasteiger charge is 2.36. The van der Waals surface area contributed by atoms with E-state index in [9.17, 15) is 9.18 Å². The average Bonchev–Trinajstić information content (AvgIpc) is 2.76. The zero-order valence-corrected chi connectivity index (χ0v) is 15.1. The van der Waals surface area contributed by atoms with Crippen LogP contribution in [0.5, 0.6) is 0 Å². The van der Waals surface area contributed by atoms with Crippen molar-refractivity contribution in [3.05, 3.63) is 65.0 Å². The normalized spacial score (nSPS) is 17.8. The molecule has 2 N–H and O–H groups in total. The van der Waals surface area contributed by atoms with Gasteiger partial charge in [-0.2, -0.15) is 0 Å². The molecule has 2 aromatic carbocycles. The lowest BCUT2D eigenvalue weighted by atomic mass is 9.81. The Morgan fingerprint density at radius 2 is 1.84 bits per heavy atom. The lowest BCUT2D eigenvalue weighted by molar-refractivity contribution is 0.0532. The van der Waals surface area contributed by atoms with Crippen LogP contribution in [0, 0.1) is 11.2 Å². The molecule has 2 aromatic rings. The smallest absolute Gasteiger partial charge is 0.254 e. The molecule has 1 aliphatic heterocycles. The number of benzene rings is 2. The van der Waals surface area contributed by atoms with E-state index < -0.39 is 5.82 Å². The number of amides is 1. The second kappa shape index (κ2) is 6.51. The van der Waals surface area contributed by atoms with Gasteiger partial charge >= 0.3 is 0 Å². The van der Waals surface area contributed by atoms with E-state index in [1.165, 1.54) is 23.3 Å². The van der Waals surface area contributed by atoms with E-state index in [0.717, 1.165) is 12.8 Å². The maximum atomic E-state index is 13.8. The van der Waals surface area contributed by atoms with Gasteiger partial charge in [-0.05, 0) is 47.6 Å². The van der Waals surface area contributed by atoms with Gasteiger partial charge in [0.05, 0.1) is 5.69 Å². The molecule has 25 heavy (non-hydrogen) atoms. The molecule has 132 valence electrons. The first-order valence-corrected chi connectivity index (χ1v) is 8.70. The van der Waals surface area contributed by atoms with E-state index in [1.54, 1.807) is 6.07 Å². The summed E-state index contributed by atoms with van der Waals surface area (Å²) < 4.78 is 13.8. The van der Waals surface area contributed by atoms with Gasteiger partial charge in [-0.1, -0.05) is 45.0 Å². The zero-order valence-electron chi connectivity index (χ0n) is 15.1. The SMILES string of the molecule is CC(C)(C)[C@@H]1Cc2ccccc2CCN1C(=O)c1ccc(N)c(F)c1. The third kappa shape index (κ3) is 3.53. The van der Waals surface area contributed by atoms with Crippen LogP contribution < -0.4 is 5.73 Å². The fourth-order valence-electron chi connectivity index (χ4n) is 3.56. The van der Waals surface area contributed by atoms with Gasteiger partial charge in [0, 0.05) is 18.2 Å². The van der Waals surface area contributed by atoms with Crippen LogP contribution in [0.2, 0.25) is 0 Å². The van der Waals surface area contributed by atoms with Crippen molar-refractivity contribution < 1.29 is 9.18 Å². The Balaban J connectivity index is 1.98. The molecule has 4 heteroatoms. The van der Waals surface area contributed by atoms with E-state index in [2.05, 4.69) is 32.9 Å². The van der Waals surface area contributed by atoms with Crippen molar-refractivity contribution in [2.24, 2.45) is 5.41 Å². The summed E-state index contributed by atoms with van der Waals surface area (Å²) in [5, 5.41) is 0. The minimum absolute atomic E-state index is 0.0456. The quantitative estimate of drug-likeness (QED) is 0.796. The van der Waals surface area contributed by atoms with Crippen LogP contribution in [-0.2, 0) is 12.8 Å². The fourth-order valence-corrected chi connectivity index (χ4v) is 3.56. The molecule has 3 nitrogen and oxygen atoms in total. The van der Waals surface area contributed by atoms with Gasteiger partial charge in [0.1, 0.15) is 5.82 Å². The molecule has 1 amide bonds. The number of hydrogen-bond acceptors (Lipinski definition) is 2. The highest BCUT2D eigenvalue weighted by Crippen LogP contribution is 2.32. The number of carbonyl (C=O) groups is 1. The summed E-state index contributed by atoms with van der Waals surface area (Å²) in [7, 11) is 0. The molecule has 1 atom stereocenters. The molecule has 0 unspecified atom stereocenters. The highest BCUT2D eigenvalue weighted by atomic mass is 19.1. The summed E-state index contributed by atoms with van der Waals surface area (Å²) in [5.41, 5.74) is 8.46. The minimum Gasteiger partial charge on any atom is -0.396 e. The van der Waals surface area contributed by atoms with Gasteiger partial charge in [-0.25, -0.2) is 4.39 Å². The fraction of sp³-hybridized carbons (Fsp3) is 0.381. The van der Waals surface area contributed by atoms with Crippen LogP contribution in [-0.4, -0.2) is 23.4 Å². The molecular formula is C21H25FN2O. The summed E-state index contributed by atoms with van der Waals surface area (Å²) in [6.07, 6.45) is 1.62. The van der Waals surface area contributed by atoms with E-state index in [4.69, 9.17) is 5.73 Å². The predicted octanol–water partition coefficient (Wildman–Crippen LogP) is 4.06. The van der Waals surface area contributed by atoms with E-state index >= 15 is 0 Å². The van der Waals surface area contributed by atoms with Crippen molar-refractivity contribution in [1.29, 1.82) is 0 Å². The van der Waals surface area contributed by atoms with Crippen LogP contribution in [0.15, 0.2) is 42.5 Å². The molecule has 0 bridgehead atoms. The first-order valence-electron chi connectivity index (χ1n) is 8.70. The number of fused-ring (bicyclic) bond motifs is 1. The number of nitrogens with two attached hydrogens (primary N) is 1. The monoisotopic (exact) mass is 340 g/mol. The van der Waals surface area contributed by atoms with Crippen LogP contribution in [0.3, 0.4) is 0 Å². The number of nitrogens with zero attached hydrogens (tertiary/aromatic N) is 1. The molecule has 0 saturated carbocycles. The maximum absolute atomic E-state index is 13.8. The summed E-state index contributed by atoms with van der Waals surface area (Å²) in [5.74, 6) is -0.678. The molecule has 0 fully saturated rings. The van der Waals surface area contributed by atoms with Crippen molar-refractivity contribution in [2.45, 2.75) is 39.7 Å². The Hall–Kier alpha value is -2.36. The van der Waals surface area contributed by atoms with Crippen molar-refractivity contribution in [2.75, 3.05) is 12.3 Å². The first kappa shape index (κ1) is 17.5. The molecule has 1 aliphatic rings. The Morgan fingerprint density at radius 3 is 2.48 bits per heavy atom. The molecule has 3 rings (SSSR count). The summed E-state index contributed by atoms with van der Waals surface area (Å²) in [6.45, 7) is 7.07. The lowest BCUT2D eigenvalue weighted by Gasteiger charge is -2.39. The van der Waals surface area contributed by atoms with Gasteiger partial charge in [0.25, 0.3) is 5.91 Å². The largest absolute Gasteiger partial charge is 0.396 e. The molecule has 0 aliphatic carbocycles. The predicted molar refractivity (Wildman–Crippen MR) is 98.9 cm³/mol. The molecule has 1 heterocycles. The molecule has 0 saturated heterocycles. The van der Waals surface area contributed by atoms with Crippen LogP contribution >= 0.6 is 0 Å². The highest BCUT2D eigenvalue weighted by molar-refractivity contribution is 5.95. The number of halogens is 1. The second-order valence-electron chi connectivity index (χ2n) is 7.84. The number of anilines is 1.